The number of hydrogen-bond acceptors (Lipinski definition) is 4. The summed E-state index contributed by atoms with van der Waals surface area (Å²) >= 11 is 0. The minimum atomic E-state index is -0.849. The zero-order valence-electron chi connectivity index (χ0n) is 16.7. The average molecular weight is 401 g/mol. The fourth-order valence-corrected chi connectivity index (χ4v) is 3.09. The number of rotatable bonds is 8. The Kier molecular flexibility index (Phi) is 7.11. The van der Waals surface area contributed by atoms with E-state index in [1.54, 1.807) is 12.1 Å². The molecular weight excluding hydrogens is 378 g/mol. The van der Waals surface area contributed by atoms with E-state index in [-0.39, 0.29) is 18.3 Å². The second-order valence-corrected chi connectivity index (χ2v) is 6.92. The van der Waals surface area contributed by atoms with Gasteiger partial charge >= 0.3 is 5.97 Å². The zero-order chi connectivity index (χ0) is 21.3. The standard InChI is InChI=1S/C25H23NO4/c1-18(27)26-23(16-19-8-4-2-5-9-19)25(29)30-17-24(28)22-14-12-21(13-15-22)20-10-6-3-7-11-20/h2-15,23H,16-17H2,1H3,(H,26,27)/t23-/m0/s1. The molecule has 5 heteroatoms. The van der Waals surface area contributed by atoms with E-state index in [0.29, 0.717) is 12.0 Å². The van der Waals surface area contributed by atoms with Gasteiger partial charge in [0.2, 0.25) is 5.91 Å². The minimum Gasteiger partial charge on any atom is -0.456 e. The highest BCUT2D eigenvalue weighted by Gasteiger charge is 2.22. The number of esters is 1. The number of nitrogens with one attached hydrogen (secondary N) is 1. The summed E-state index contributed by atoms with van der Waals surface area (Å²) in [7, 11) is 0. The van der Waals surface area contributed by atoms with Gasteiger partial charge < -0.3 is 10.1 Å². The molecule has 30 heavy (non-hydrogen) atoms. The van der Waals surface area contributed by atoms with Crippen LogP contribution in [0.5, 0.6) is 0 Å². The van der Waals surface area contributed by atoms with Crippen molar-refractivity contribution in [3.05, 3.63) is 96.1 Å². The van der Waals surface area contributed by atoms with Crippen molar-refractivity contribution in [3.63, 3.8) is 0 Å². The lowest BCUT2D eigenvalue weighted by Crippen LogP contribution is -2.42. The van der Waals surface area contributed by atoms with Gasteiger partial charge in [0.1, 0.15) is 6.04 Å². The molecule has 0 fully saturated rings. The van der Waals surface area contributed by atoms with Crippen molar-refractivity contribution in [3.8, 4) is 11.1 Å². The molecule has 0 aliphatic rings. The summed E-state index contributed by atoms with van der Waals surface area (Å²) < 4.78 is 5.21. The number of Topliss-reactive ketones (excluding diaryl/α,β-unsaturated/α-hetero) is 1. The van der Waals surface area contributed by atoms with E-state index >= 15 is 0 Å². The number of carbonyl (C=O) groups is 3. The molecule has 3 aromatic carbocycles. The first-order valence-electron chi connectivity index (χ1n) is 9.69. The predicted molar refractivity (Wildman–Crippen MR) is 115 cm³/mol. The van der Waals surface area contributed by atoms with Crippen molar-refractivity contribution < 1.29 is 19.1 Å². The lowest BCUT2D eigenvalue weighted by Gasteiger charge is -2.16. The Labute approximate surface area is 175 Å². The smallest absolute Gasteiger partial charge is 0.329 e. The number of hydrogen-bond donors (Lipinski definition) is 1. The van der Waals surface area contributed by atoms with Crippen LogP contribution in [0.2, 0.25) is 0 Å². The summed E-state index contributed by atoms with van der Waals surface area (Å²) in [6, 6.07) is 25.5. The molecule has 1 atom stereocenters. The van der Waals surface area contributed by atoms with E-state index in [2.05, 4.69) is 5.32 Å². The van der Waals surface area contributed by atoms with Gasteiger partial charge in [-0.1, -0.05) is 84.9 Å². The molecule has 0 saturated heterocycles. The number of carbonyl (C=O) groups excluding carboxylic acids is 3. The minimum absolute atomic E-state index is 0.291. The van der Waals surface area contributed by atoms with Gasteiger partial charge in [0.25, 0.3) is 0 Å². The highest BCUT2D eigenvalue weighted by molar-refractivity contribution is 5.98. The Bertz CT molecular complexity index is 998. The van der Waals surface area contributed by atoms with Gasteiger partial charge in [-0.2, -0.15) is 0 Å². The van der Waals surface area contributed by atoms with Gasteiger partial charge in [-0.15, -0.1) is 0 Å². The molecule has 3 rings (SSSR count). The molecule has 1 N–H and O–H groups in total. The quantitative estimate of drug-likeness (QED) is 0.460. The molecule has 3 aromatic rings. The van der Waals surface area contributed by atoms with Gasteiger partial charge in [-0.05, 0) is 16.7 Å². The molecule has 0 aliphatic carbocycles. The van der Waals surface area contributed by atoms with Crippen LogP contribution < -0.4 is 5.32 Å². The van der Waals surface area contributed by atoms with Gasteiger partial charge in [0.15, 0.2) is 12.4 Å². The van der Waals surface area contributed by atoms with Gasteiger partial charge in [0.05, 0.1) is 0 Å². The highest BCUT2D eigenvalue weighted by atomic mass is 16.5. The van der Waals surface area contributed by atoms with Crippen molar-refractivity contribution >= 4 is 17.7 Å². The second kappa shape index (κ2) is 10.2. The highest BCUT2D eigenvalue weighted by Crippen LogP contribution is 2.19. The molecule has 0 spiro atoms. The number of amides is 1. The molecule has 0 bridgehead atoms. The molecule has 1 amide bonds. The van der Waals surface area contributed by atoms with Gasteiger partial charge in [-0.3, -0.25) is 9.59 Å². The monoisotopic (exact) mass is 401 g/mol. The number of ether oxygens (including phenoxy) is 1. The average Bonchev–Trinajstić information content (AvgIpc) is 2.78. The molecule has 152 valence electrons. The summed E-state index contributed by atoms with van der Waals surface area (Å²) in [5.41, 5.74) is 3.40. The van der Waals surface area contributed by atoms with Crippen LogP contribution in [-0.2, 0) is 20.7 Å². The van der Waals surface area contributed by atoms with E-state index in [1.165, 1.54) is 6.92 Å². The van der Waals surface area contributed by atoms with E-state index in [0.717, 1.165) is 16.7 Å². The first-order valence-corrected chi connectivity index (χ1v) is 9.69. The van der Waals surface area contributed by atoms with Crippen molar-refractivity contribution in [2.75, 3.05) is 6.61 Å². The Hall–Kier alpha value is -3.73. The van der Waals surface area contributed by atoms with Crippen LogP contribution in [0, 0.1) is 0 Å². The summed E-state index contributed by atoms with van der Waals surface area (Å²) in [6.07, 6.45) is 0.291. The van der Waals surface area contributed by atoms with Crippen molar-refractivity contribution in [2.45, 2.75) is 19.4 Å². The first kappa shape index (κ1) is 21.0. The molecule has 5 nitrogen and oxygen atoms in total. The molecule has 0 radical (unpaired) electrons. The third-order valence-corrected chi connectivity index (χ3v) is 4.60. The number of benzene rings is 3. The van der Waals surface area contributed by atoms with Crippen LogP contribution in [0.4, 0.5) is 0 Å². The maximum Gasteiger partial charge on any atom is 0.329 e. The van der Waals surface area contributed by atoms with Crippen molar-refractivity contribution in [1.29, 1.82) is 0 Å². The van der Waals surface area contributed by atoms with Crippen LogP contribution in [0.15, 0.2) is 84.9 Å². The molecule has 0 aliphatic heterocycles. The van der Waals surface area contributed by atoms with Crippen LogP contribution >= 0.6 is 0 Å². The molecule has 0 heterocycles. The largest absolute Gasteiger partial charge is 0.456 e. The van der Waals surface area contributed by atoms with Crippen LogP contribution in [0.3, 0.4) is 0 Å². The van der Waals surface area contributed by atoms with Crippen molar-refractivity contribution in [1.82, 2.24) is 5.32 Å². The normalized spacial score (nSPS) is 11.4. The molecule has 0 saturated carbocycles. The summed E-state index contributed by atoms with van der Waals surface area (Å²) in [4.78, 5) is 36.4. The third-order valence-electron chi connectivity index (χ3n) is 4.60. The predicted octanol–water partition coefficient (Wildman–Crippen LogP) is 3.83. The summed E-state index contributed by atoms with van der Waals surface area (Å²) in [6.45, 7) is 0.957. The maximum absolute atomic E-state index is 12.5. The molecular formula is C25H23NO4. The Morgan fingerprint density at radius 2 is 1.37 bits per heavy atom. The van der Waals surface area contributed by atoms with Crippen LogP contribution in [0.1, 0.15) is 22.8 Å². The van der Waals surface area contributed by atoms with Gasteiger partial charge in [-0.25, -0.2) is 4.79 Å². The zero-order valence-corrected chi connectivity index (χ0v) is 16.7. The first-order chi connectivity index (χ1) is 14.5. The molecule has 0 unspecified atom stereocenters. The van der Waals surface area contributed by atoms with E-state index in [9.17, 15) is 14.4 Å². The van der Waals surface area contributed by atoms with Crippen LogP contribution in [-0.4, -0.2) is 30.3 Å². The van der Waals surface area contributed by atoms with E-state index in [1.807, 2.05) is 72.8 Å². The second-order valence-electron chi connectivity index (χ2n) is 6.92. The van der Waals surface area contributed by atoms with Gasteiger partial charge in [0, 0.05) is 18.9 Å². The Morgan fingerprint density at radius 3 is 1.97 bits per heavy atom. The van der Waals surface area contributed by atoms with Crippen molar-refractivity contribution in [2.24, 2.45) is 0 Å². The maximum atomic E-state index is 12.5. The van der Waals surface area contributed by atoms with E-state index < -0.39 is 12.0 Å². The van der Waals surface area contributed by atoms with Crippen LogP contribution in [0.25, 0.3) is 11.1 Å². The summed E-state index contributed by atoms with van der Waals surface area (Å²) in [5.74, 6) is -1.27. The fourth-order valence-electron chi connectivity index (χ4n) is 3.09. The fraction of sp³-hybridized carbons (Fsp3) is 0.160. The Morgan fingerprint density at radius 1 is 0.800 bits per heavy atom. The molecule has 0 aromatic heterocycles. The lowest BCUT2D eigenvalue weighted by atomic mass is 10.0. The lowest BCUT2D eigenvalue weighted by molar-refractivity contribution is -0.146. The van der Waals surface area contributed by atoms with E-state index in [4.69, 9.17) is 4.74 Å². The number of ketones is 1. The topological polar surface area (TPSA) is 72.5 Å². The summed E-state index contributed by atoms with van der Waals surface area (Å²) in [5, 5.41) is 2.59. The SMILES string of the molecule is CC(=O)N[C@@H](Cc1ccccc1)C(=O)OCC(=O)c1ccc(-c2ccccc2)cc1. The third kappa shape index (κ3) is 5.88. The Balaban J connectivity index is 1.60.